The number of rotatable bonds is 5. The molecule has 1 rings (SSSR count). The van der Waals surface area contributed by atoms with Crippen LogP contribution in [0.15, 0.2) is 18.2 Å². The maximum Gasteiger partial charge on any atom is 0.304 e. The van der Waals surface area contributed by atoms with Crippen LogP contribution in [-0.2, 0) is 21.6 Å². The molecule has 0 spiro atoms. The molecule has 0 amide bonds. The summed E-state index contributed by atoms with van der Waals surface area (Å²) in [6.45, 7) is 3.93. The van der Waals surface area contributed by atoms with Gasteiger partial charge < -0.3 is 9.84 Å². The number of hydrogen-bond acceptors (Lipinski definition) is 2. The quantitative estimate of drug-likeness (QED) is 0.860. The number of aliphatic carboxylic acids is 1. The zero-order valence-corrected chi connectivity index (χ0v) is 10.3. The molecule has 0 aliphatic heterocycles. The molecule has 1 aromatic carbocycles. The SMILES string of the molecule is COCc1cc(F)ccc1C(C)(C)CC(=O)O. The van der Waals surface area contributed by atoms with Crippen molar-refractivity contribution in [3.63, 3.8) is 0 Å². The second-order valence-electron chi connectivity index (χ2n) is 4.69. The van der Waals surface area contributed by atoms with Crippen molar-refractivity contribution in [2.75, 3.05) is 7.11 Å². The van der Waals surface area contributed by atoms with Gasteiger partial charge in [0.05, 0.1) is 13.0 Å². The molecule has 0 aromatic heterocycles. The fourth-order valence-electron chi connectivity index (χ4n) is 1.97. The fourth-order valence-corrected chi connectivity index (χ4v) is 1.97. The van der Waals surface area contributed by atoms with Gasteiger partial charge in [0.1, 0.15) is 5.82 Å². The van der Waals surface area contributed by atoms with Crippen LogP contribution in [0.1, 0.15) is 31.4 Å². The minimum Gasteiger partial charge on any atom is -0.481 e. The molecule has 0 unspecified atom stereocenters. The number of ether oxygens (including phenoxy) is 1. The van der Waals surface area contributed by atoms with Crippen LogP contribution in [0.2, 0.25) is 0 Å². The van der Waals surface area contributed by atoms with E-state index < -0.39 is 11.4 Å². The van der Waals surface area contributed by atoms with Crippen LogP contribution in [0.4, 0.5) is 4.39 Å². The Bertz CT molecular complexity index is 413. The third kappa shape index (κ3) is 3.53. The lowest BCUT2D eigenvalue weighted by Crippen LogP contribution is -2.23. The van der Waals surface area contributed by atoms with Crippen LogP contribution < -0.4 is 0 Å². The second-order valence-corrected chi connectivity index (χ2v) is 4.69. The van der Waals surface area contributed by atoms with Gasteiger partial charge in [-0.15, -0.1) is 0 Å². The van der Waals surface area contributed by atoms with Gasteiger partial charge in [0.15, 0.2) is 0 Å². The number of carbonyl (C=O) groups is 1. The highest BCUT2D eigenvalue weighted by atomic mass is 19.1. The molecule has 0 atom stereocenters. The molecule has 0 aliphatic carbocycles. The molecule has 0 bridgehead atoms. The van der Waals surface area contributed by atoms with Gasteiger partial charge in [-0.2, -0.15) is 0 Å². The van der Waals surface area contributed by atoms with Gasteiger partial charge >= 0.3 is 5.97 Å². The number of halogens is 1. The van der Waals surface area contributed by atoms with Gasteiger partial charge in [-0.25, -0.2) is 4.39 Å². The summed E-state index contributed by atoms with van der Waals surface area (Å²) in [5, 5.41) is 8.88. The van der Waals surface area contributed by atoms with E-state index in [1.54, 1.807) is 6.07 Å². The number of methoxy groups -OCH3 is 1. The summed E-state index contributed by atoms with van der Waals surface area (Å²) < 4.78 is 18.2. The lowest BCUT2D eigenvalue weighted by atomic mass is 9.79. The van der Waals surface area contributed by atoms with Gasteiger partial charge in [0, 0.05) is 12.5 Å². The molecule has 17 heavy (non-hydrogen) atoms. The highest BCUT2D eigenvalue weighted by Gasteiger charge is 2.26. The van der Waals surface area contributed by atoms with Crippen molar-refractivity contribution in [1.29, 1.82) is 0 Å². The van der Waals surface area contributed by atoms with Crippen LogP contribution in [0, 0.1) is 5.82 Å². The molecule has 1 N–H and O–H groups in total. The van der Waals surface area contributed by atoms with Gasteiger partial charge in [-0.05, 0) is 23.3 Å². The van der Waals surface area contributed by atoms with E-state index in [0.717, 1.165) is 5.56 Å². The molecule has 0 fully saturated rings. The first-order valence-electron chi connectivity index (χ1n) is 5.36. The van der Waals surface area contributed by atoms with Crippen LogP contribution in [0.5, 0.6) is 0 Å². The summed E-state index contributed by atoms with van der Waals surface area (Å²) in [4.78, 5) is 10.8. The second kappa shape index (κ2) is 5.27. The zero-order chi connectivity index (χ0) is 13.1. The first-order valence-corrected chi connectivity index (χ1v) is 5.36. The Labute approximate surface area is 100 Å². The van der Waals surface area contributed by atoms with Crippen molar-refractivity contribution in [2.45, 2.75) is 32.3 Å². The third-order valence-corrected chi connectivity index (χ3v) is 2.69. The number of benzene rings is 1. The first-order chi connectivity index (χ1) is 7.86. The Balaban J connectivity index is 3.14. The number of carboxylic acids is 1. The van der Waals surface area contributed by atoms with Gasteiger partial charge in [0.2, 0.25) is 0 Å². The molecule has 0 heterocycles. The smallest absolute Gasteiger partial charge is 0.304 e. The lowest BCUT2D eigenvalue weighted by molar-refractivity contribution is -0.138. The van der Waals surface area contributed by atoms with E-state index >= 15 is 0 Å². The third-order valence-electron chi connectivity index (χ3n) is 2.69. The van der Waals surface area contributed by atoms with E-state index in [1.165, 1.54) is 19.2 Å². The Hall–Kier alpha value is -1.42. The van der Waals surface area contributed by atoms with Crippen molar-refractivity contribution in [3.8, 4) is 0 Å². The summed E-state index contributed by atoms with van der Waals surface area (Å²) >= 11 is 0. The topological polar surface area (TPSA) is 46.5 Å². The van der Waals surface area contributed by atoms with Crippen LogP contribution in [0.25, 0.3) is 0 Å². The summed E-state index contributed by atoms with van der Waals surface area (Å²) in [6, 6.07) is 4.37. The Morgan fingerprint density at radius 1 is 1.47 bits per heavy atom. The van der Waals surface area contributed by atoms with E-state index in [2.05, 4.69) is 0 Å². The van der Waals surface area contributed by atoms with Gasteiger partial charge in [0.25, 0.3) is 0 Å². The predicted octanol–water partition coefficient (Wildman–Crippen LogP) is 2.72. The molecule has 4 heteroatoms. The summed E-state index contributed by atoms with van der Waals surface area (Å²) in [7, 11) is 1.53. The molecule has 94 valence electrons. The van der Waals surface area contributed by atoms with E-state index in [1.807, 2.05) is 13.8 Å². The normalized spacial score (nSPS) is 11.5. The van der Waals surface area contributed by atoms with E-state index in [4.69, 9.17) is 9.84 Å². The Morgan fingerprint density at radius 3 is 2.65 bits per heavy atom. The predicted molar refractivity (Wildman–Crippen MR) is 62.4 cm³/mol. The highest BCUT2D eigenvalue weighted by Crippen LogP contribution is 2.30. The molecule has 3 nitrogen and oxygen atoms in total. The molecular weight excluding hydrogens is 223 g/mol. The highest BCUT2D eigenvalue weighted by molar-refractivity contribution is 5.69. The number of hydrogen-bond donors (Lipinski definition) is 1. The average molecular weight is 240 g/mol. The van der Waals surface area contributed by atoms with E-state index in [0.29, 0.717) is 5.56 Å². The zero-order valence-electron chi connectivity index (χ0n) is 10.3. The molecule has 0 saturated carbocycles. The maximum atomic E-state index is 13.1. The molecule has 0 radical (unpaired) electrons. The first kappa shape index (κ1) is 13.6. The summed E-state index contributed by atoms with van der Waals surface area (Å²) in [5.41, 5.74) is 0.954. The molecule has 0 aliphatic rings. The Morgan fingerprint density at radius 2 is 2.12 bits per heavy atom. The van der Waals surface area contributed by atoms with Crippen molar-refractivity contribution < 1.29 is 19.0 Å². The van der Waals surface area contributed by atoms with E-state index in [9.17, 15) is 9.18 Å². The Kier molecular flexibility index (Phi) is 4.23. The minimum absolute atomic E-state index is 0.00462. The van der Waals surface area contributed by atoms with Crippen molar-refractivity contribution in [1.82, 2.24) is 0 Å². The molecular formula is C13H17FO3. The monoisotopic (exact) mass is 240 g/mol. The molecule has 0 saturated heterocycles. The van der Waals surface area contributed by atoms with Crippen molar-refractivity contribution >= 4 is 5.97 Å². The minimum atomic E-state index is -0.873. The van der Waals surface area contributed by atoms with Gasteiger partial charge in [-0.3, -0.25) is 4.79 Å². The summed E-state index contributed by atoms with van der Waals surface area (Å²) in [5.74, 6) is -1.21. The van der Waals surface area contributed by atoms with Crippen LogP contribution >= 0.6 is 0 Å². The molecule has 1 aromatic rings. The standard InChI is InChI=1S/C13H17FO3/c1-13(2,7-12(15)16)11-5-4-10(14)6-9(11)8-17-3/h4-6H,7-8H2,1-3H3,(H,15,16). The number of carboxylic acid groups (broad SMARTS) is 1. The van der Waals surface area contributed by atoms with Crippen LogP contribution in [-0.4, -0.2) is 18.2 Å². The van der Waals surface area contributed by atoms with Crippen molar-refractivity contribution in [2.24, 2.45) is 0 Å². The average Bonchev–Trinajstić information content (AvgIpc) is 2.15. The fraction of sp³-hybridized carbons (Fsp3) is 0.462. The van der Waals surface area contributed by atoms with E-state index in [-0.39, 0.29) is 18.8 Å². The maximum absolute atomic E-state index is 13.1. The van der Waals surface area contributed by atoms with Crippen molar-refractivity contribution in [3.05, 3.63) is 35.1 Å². The largest absolute Gasteiger partial charge is 0.481 e. The van der Waals surface area contributed by atoms with Crippen LogP contribution in [0.3, 0.4) is 0 Å². The summed E-state index contributed by atoms with van der Waals surface area (Å²) in [6.07, 6.45) is -0.00462. The van der Waals surface area contributed by atoms with Gasteiger partial charge in [-0.1, -0.05) is 19.9 Å². The lowest BCUT2D eigenvalue weighted by Gasteiger charge is -2.26.